The van der Waals surface area contributed by atoms with Gasteiger partial charge < -0.3 is 15.2 Å². The summed E-state index contributed by atoms with van der Waals surface area (Å²) in [5.74, 6) is -1.92. The van der Waals surface area contributed by atoms with Crippen LogP contribution in [0.1, 0.15) is 32.6 Å². The maximum atomic E-state index is 12.6. The van der Waals surface area contributed by atoms with Crippen molar-refractivity contribution in [1.29, 1.82) is 0 Å². The molecule has 0 bridgehead atoms. The molecular formula is C12H20F3NO3. The molecule has 0 unspecified atom stereocenters. The van der Waals surface area contributed by atoms with E-state index in [-0.39, 0.29) is 32.4 Å². The lowest BCUT2D eigenvalue weighted by Gasteiger charge is -2.37. The minimum Gasteiger partial charge on any atom is -0.388 e. The topological polar surface area (TPSA) is 58.6 Å². The number of halogens is 3. The molecule has 112 valence electrons. The van der Waals surface area contributed by atoms with Crippen LogP contribution < -0.4 is 5.32 Å². The fraction of sp³-hybridized carbons (Fsp3) is 0.917. The van der Waals surface area contributed by atoms with Crippen LogP contribution in [0.2, 0.25) is 0 Å². The molecule has 1 rings (SSSR count). The van der Waals surface area contributed by atoms with E-state index in [1.807, 2.05) is 0 Å². The van der Waals surface area contributed by atoms with E-state index >= 15 is 0 Å². The van der Waals surface area contributed by atoms with Gasteiger partial charge in [-0.05, 0) is 32.6 Å². The number of aliphatic hydroxyl groups is 1. The van der Waals surface area contributed by atoms with Crippen LogP contribution in [0.15, 0.2) is 0 Å². The Morgan fingerprint density at radius 1 is 1.53 bits per heavy atom. The number of ether oxygens (including phenoxy) is 1. The Bertz CT molecular complexity index is 309. The van der Waals surface area contributed by atoms with Crippen LogP contribution in [-0.2, 0) is 9.53 Å². The first-order valence-corrected chi connectivity index (χ1v) is 6.40. The quantitative estimate of drug-likeness (QED) is 0.806. The molecule has 1 amide bonds. The van der Waals surface area contributed by atoms with E-state index in [4.69, 9.17) is 4.74 Å². The summed E-state index contributed by atoms with van der Waals surface area (Å²) < 4.78 is 42.8. The molecule has 0 radical (unpaired) electrons. The van der Waals surface area contributed by atoms with Gasteiger partial charge in [0.2, 0.25) is 5.91 Å². The van der Waals surface area contributed by atoms with Gasteiger partial charge in [0.25, 0.3) is 0 Å². The largest absolute Gasteiger partial charge is 0.391 e. The zero-order chi connectivity index (χ0) is 14.5. The maximum Gasteiger partial charge on any atom is 0.391 e. The molecule has 0 aliphatic heterocycles. The number of alkyl halides is 3. The summed E-state index contributed by atoms with van der Waals surface area (Å²) in [6.07, 6.45) is -4.02. The van der Waals surface area contributed by atoms with Crippen LogP contribution in [0.4, 0.5) is 13.2 Å². The highest BCUT2D eigenvalue weighted by Crippen LogP contribution is 2.41. The van der Waals surface area contributed by atoms with Gasteiger partial charge in [0.1, 0.15) is 6.61 Å². The molecule has 0 saturated heterocycles. The lowest BCUT2D eigenvalue weighted by molar-refractivity contribution is -0.200. The van der Waals surface area contributed by atoms with Gasteiger partial charge in [0.05, 0.1) is 11.5 Å². The zero-order valence-electron chi connectivity index (χ0n) is 10.9. The molecule has 1 aliphatic carbocycles. The third-order valence-corrected chi connectivity index (χ3v) is 3.34. The van der Waals surface area contributed by atoms with Crippen molar-refractivity contribution in [3.63, 3.8) is 0 Å². The minimum absolute atomic E-state index is 0.0404. The highest BCUT2D eigenvalue weighted by atomic mass is 19.4. The average molecular weight is 283 g/mol. The van der Waals surface area contributed by atoms with E-state index in [0.717, 1.165) is 0 Å². The summed E-state index contributed by atoms with van der Waals surface area (Å²) in [5, 5.41) is 12.5. The lowest BCUT2D eigenvalue weighted by atomic mass is 9.77. The molecule has 0 aromatic carbocycles. The van der Waals surface area contributed by atoms with Crippen molar-refractivity contribution in [3.8, 4) is 0 Å². The fourth-order valence-corrected chi connectivity index (χ4v) is 2.29. The van der Waals surface area contributed by atoms with Crippen molar-refractivity contribution in [2.45, 2.75) is 44.4 Å². The lowest BCUT2D eigenvalue weighted by Crippen LogP contribution is -2.48. The summed E-state index contributed by atoms with van der Waals surface area (Å²) >= 11 is 0. The highest BCUT2D eigenvalue weighted by Gasteiger charge is 2.46. The number of carbonyl (C=O) groups excluding carboxylic acids is 1. The second-order valence-electron chi connectivity index (χ2n) is 4.97. The number of carbonyl (C=O) groups is 1. The van der Waals surface area contributed by atoms with Gasteiger partial charge >= 0.3 is 6.18 Å². The van der Waals surface area contributed by atoms with Gasteiger partial charge in [-0.3, -0.25) is 4.79 Å². The standard InChI is InChI=1S/C12H20F3NO3/c1-2-19-7-10(17)16-8-11(18)5-3-4-9(6-11)12(13,14)15/h9,18H,2-8H2,1H3,(H,16,17)/t9-,11+/m0/s1. The molecule has 0 aromatic rings. The van der Waals surface area contributed by atoms with Gasteiger partial charge in [-0.25, -0.2) is 0 Å². The molecule has 2 atom stereocenters. The Morgan fingerprint density at radius 3 is 2.79 bits per heavy atom. The summed E-state index contributed by atoms with van der Waals surface area (Å²) in [6, 6.07) is 0. The molecular weight excluding hydrogens is 263 g/mol. The van der Waals surface area contributed by atoms with Crippen LogP contribution in [0.5, 0.6) is 0 Å². The molecule has 4 nitrogen and oxygen atoms in total. The first kappa shape index (κ1) is 16.2. The first-order chi connectivity index (χ1) is 8.77. The van der Waals surface area contributed by atoms with Crippen molar-refractivity contribution in [2.24, 2.45) is 5.92 Å². The summed E-state index contributed by atoms with van der Waals surface area (Å²) in [6.45, 7) is 1.81. The normalized spacial score (nSPS) is 28.2. The van der Waals surface area contributed by atoms with Crippen molar-refractivity contribution in [3.05, 3.63) is 0 Å². The Morgan fingerprint density at radius 2 is 2.21 bits per heavy atom. The SMILES string of the molecule is CCOCC(=O)NC[C@@]1(O)CCC[C@H](C(F)(F)F)C1. The number of nitrogens with one attached hydrogen (secondary N) is 1. The molecule has 1 aliphatic rings. The molecule has 0 heterocycles. The molecule has 0 aromatic heterocycles. The van der Waals surface area contributed by atoms with Gasteiger partial charge in [-0.15, -0.1) is 0 Å². The highest BCUT2D eigenvalue weighted by molar-refractivity contribution is 5.77. The fourth-order valence-electron chi connectivity index (χ4n) is 2.29. The summed E-state index contributed by atoms with van der Waals surface area (Å²) in [4.78, 5) is 11.3. The Kier molecular flexibility index (Phi) is 5.61. The molecule has 1 saturated carbocycles. The van der Waals surface area contributed by atoms with Gasteiger partial charge in [-0.2, -0.15) is 13.2 Å². The first-order valence-electron chi connectivity index (χ1n) is 6.40. The molecule has 1 fully saturated rings. The van der Waals surface area contributed by atoms with E-state index in [1.54, 1.807) is 6.92 Å². The number of rotatable bonds is 5. The second-order valence-corrected chi connectivity index (χ2v) is 4.97. The number of hydrogen-bond acceptors (Lipinski definition) is 3. The van der Waals surface area contributed by atoms with Crippen molar-refractivity contribution in [2.75, 3.05) is 19.8 Å². The Balaban J connectivity index is 2.45. The molecule has 0 spiro atoms. The third-order valence-electron chi connectivity index (χ3n) is 3.34. The van der Waals surface area contributed by atoms with E-state index in [0.29, 0.717) is 13.0 Å². The smallest absolute Gasteiger partial charge is 0.388 e. The van der Waals surface area contributed by atoms with E-state index < -0.39 is 23.6 Å². The van der Waals surface area contributed by atoms with Crippen LogP contribution >= 0.6 is 0 Å². The minimum atomic E-state index is -4.29. The van der Waals surface area contributed by atoms with Crippen molar-refractivity contribution < 1.29 is 27.8 Å². The van der Waals surface area contributed by atoms with E-state index in [2.05, 4.69) is 5.32 Å². The zero-order valence-corrected chi connectivity index (χ0v) is 10.9. The summed E-state index contributed by atoms with van der Waals surface area (Å²) in [7, 11) is 0. The molecule has 19 heavy (non-hydrogen) atoms. The maximum absolute atomic E-state index is 12.6. The van der Waals surface area contributed by atoms with Gasteiger partial charge in [0.15, 0.2) is 0 Å². The average Bonchev–Trinajstić information content (AvgIpc) is 2.33. The molecule has 2 N–H and O–H groups in total. The number of hydrogen-bond donors (Lipinski definition) is 2. The van der Waals surface area contributed by atoms with Crippen LogP contribution in [-0.4, -0.2) is 42.5 Å². The van der Waals surface area contributed by atoms with Crippen molar-refractivity contribution in [1.82, 2.24) is 5.32 Å². The van der Waals surface area contributed by atoms with E-state index in [1.165, 1.54) is 0 Å². The predicted molar refractivity (Wildman–Crippen MR) is 62.5 cm³/mol. The van der Waals surface area contributed by atoms with Crippen molar-refractivity contribution >= 4 is 5.91 Å². The van der Waals surface area contributed by atoms with E-state index in [9.17, 15) is 23.1 Å². The van der Waals surface area contributed by atoms with Gasteiger partial charge in [-0.1, -0.05) is 0 Å². The van der Waals surface area contributed by atoms with Crippen LogP contribution in [0.3, 0.4) is 0 Å². The predicted octanol–water partition coefficient (Wildman–Crippen LogP) is 1.62. The van der Waals surface area contributed by atoms with Crippen LogP contribution in [0, 0.1) is 5.92 Å². The van der Waals surface area contributed by atoms with Gasteiger partial charge in [0, 0.05) is 13.2 Å². The second kappa shape index (κ2) is 6.56. The summed E-state index contributed by atoms with van der Waals surface area (Å²) in [5.41, 5.74) is -1.47. The molecule has 7 heteroatoms. The monoisotopic (exact) mass is 283 g/mol. The Hall–Kier alpha value is -0.820. The Labute approximate surface area is 110 Å². The number of amides is 1. The van der Waals surface area contributed by atoms with Crippen LogP contribution in [0.25, 0.3) is 0 Å². The third kappa shape index (κ3) is 5.36.